The van der Waals surface area contributed by atoms with Gasteiger partial charge >= 0.3 is 0 Å². The van der Waals surface area contributed by atoms with Gasteiger partial charge in [-0.2, -0.15) is 0 Å². The smallest absolute Gasteiger partial charge is 0.277 e. The maximum atomic E-state index is 11.9. The van der Waals surface area contributed by atoms with Gasteiger partial charge in [-0.1, -0.05) is 0 Å². The van der Waals surface area contributed by atoms with E-state index in [2.05, 4.69) is 4.84 Å². The van der Waals surface area contributed by atoms with Crippen molar-refractivity contribution in [3.05, 3.63) is 23.8 Å². The number of rotatable bonds is 3. The third kappa shape index (κ3) is 2.99. The summed E-state index contributed by atoms with van der Waals surface area (Å²) in [4.78, 5) is 28.2. The van der Waals surface area contributed by atoms with Crippen LogP contribution in [0.25, 0.3) is 0 Å². The maximum Gasteiger partial charge on any atom is 0.277 e. The van der Waals surface area contributed by atoms with E-state index in [0.717, 1.165) is 12.1 Å². The van der Waals surface area contributed by atoms with E-state index in [1.165, 1.54) is 19.9 Å². The molecule has 0 aliphatic carbocycles. The first-order valence-electron chi connectivity index (χ1n) is 5.24. The number of carbonyl (C=O) groups is 2. The van der Waals surface area contributed by atoms with Gasteiger partial charge in [-0.3, -0.25) is 14.4 Å². The van der Waals surface area contributed by atoms with E-state index in [9.17, 15) is 14.7 Å². The van der Waals surface area contributed by atoms with Crippen molar-refractivity contribution < 1.29 is 24.6 Å². The summed E-state index contributed by atoms with van der Waals surface area (Å²) in [5.41, 5.74) is -1.54. The average molecular weight is 269 g/mol. The van der Waals surface area contributed by atoms with Crippen molar-refractivity contribution >= 4 is 11.8 Å². The molecule has 2 amide bonds. The molecule has 0 radical (unpaired) electrons. The molecule has 0 aliphatic rings. The highest BCUT2D eigenvalue weighted by atomic mass is 16.6. The Morgan fingerprint density at radius 2 is 1.84 bits per heavy atom. The van der Waals surface area contributed by atoms with E-state index in [4.69, 9.17) is 16.8 Å². The number of hydrogen-bond donors (Lipinski definition) is 4. The standard InChI is InChI=1S/C11H15N3O5/c1-11(2,19-13)10(18)14(12)9(17)6-3-4-7(15)8(16)5-6/h3-5,15-16H,12-13H2,1-2H3. The molecule has 0 saturated carbocycles. The highest BCUT2D eigenvalue weighted by molar-refractivity contribution is 6.06. The molecule has 0 aromatic heterocycles. The van der Waals surface area contributed by atoms with E-state index in [1.54, 1.807) is 0 Å². The van der Waals surface area contributed by atoms with Crippen molar-refractivity contribution in [1.82, 2.24) is 5.01 Å². The Labute approximate surface area is 109 Å². The van der Waals surface area contributed by atoms with Gasteiger partial charge in [0, 0.05) is 5.56 Å². The van der Waals surface area contributed by atoms with Gasteiger partial charge in [-0.15, -0.1) is 0 Å². The number of phenolic OH excluding ortho intramolecular Hbond substituents is 2. The molecular weight excluding hydrogens is 254 g/mol. The lowest BCUT2D eigenvalue weighted by molar-refractivity contribution is -0.152. The van der Waals surface area contributed by atoms with Crippen LogP contribution in [0, 0.1) is 0 Å². The van der Waals surface area contributed by atoms with Gasteiger partial charge in [-0.25, -0.2) is 16.7 Å². The molecule has 1 aromatic carbocycles. The number of aromatic hydroxyl groups is 2. The molecular formula is C11H15N3O5. The fraction of sp³-hybridized carbons (Fsp3) is 0.273. The second-order valence-electron chi connectivity index (χ2n) is 4.31. The number of phenols is 2. The van der Waals surface area contributed by atoms with E-state index in [0.29, 0.717) is 5.01 Å². The second-order valence-corrected chi connectivity index (χ2v) is 4.31. The van der Waals surface area contributed by atoms with Crippen LogP contribution in [-0.2, 0) is 9.63 Å². The fourth-order valence-corrected chi connectivity index (χ4v) is 1.23. The largest absolute Gasteiger partial charge is 0.504 e. The highest BCUT2D eigenvalue weighted by Gasteiger charge is 2.35. The third-order valence-electron chi connectivity index (χ3n) is 2.47. The summed E-state index contributed by atoms with van der Waals surface area (Å²) >= 11 is 0. The summed E-state index contributed by atoms with van der Waals surface area (Å²) in [6.45, 7) is 2.69. The van der Waals surface area contributed by atoms with Gasteiger partial charge in [0.1, 0.15) is 0 Å². The molecule has 6 N–H and O–H groups in total. The fourth-order valence-electron chi connectivity index (χ4n) is 1.23. The zero-order chi connectivity index (χ0) is 14.8. The number of imide groups is 1. The minimum Gasteiger partial charge on any atom is -0.504 e. The predicted molar refractivity (Wildman–Crippen MR) is 64.5 cm³/mol. The first-order chi connectivity index (χ1) is 8.70. The number of hydrazine groups is 1. The number of nitrogens with two attached hydrogens (primary N) is 2. The van der Waals surface area contributed by atoms with Crippen molar-refractivity contribution in [1.29, 1.82) is 0 Å². The van der Waals surface area contributed by atoms with E-state index in [-0.39, 0.29) is 5.56 Å². The summed E-state index contributed by atoms with van der Waals surface area (Å²) < 4.78 is 0. The van der Waals surface area contributed by atoms with Gasteiger partial charge in [0.05, 0.1) is 0 Å². The molecule has 0 fully saturated rings. The quantitative estimate of drug-likeness (QED) is 0.253. The molecule has 0 atom stereocenters. The molecule has 0 bridgehead atoms. The van der Waals surface area contributed by atoms with Crippen LogP contribution in [0.3, 0.4) is 0 Å². The zero-order valence-corrected chi connectivity index (χ0v) is 10.5. The first kappa shape index (κ1) is 14.9. The van der Waals surface area contributed by atoms with Crippen molar-refractivity contribution in [2.45, 2.75) is 19.4 Å². The van der Waals surface area contributed by atoms with Crippen molar-refractivity contribution in [2.24, 2.45) is 11.7 Å². The van der Waals surface area contributed by atoms with Gasteiger partial charge in [0.25, 0.3) is 11.8 Å². The minimum absolute atomic E-state index is 0.0704. The van der Waals surface area contributed by atoms with Crippen molar-refractivity contribution in [3.63, 3.8) is 0 Å². The maximum absolute atomic E-state index is 11.9. The summed E-state index contributed by atoms with van der Waals surface area (Å²) in [6, 6.07) is 3.30. The van der Waals surface area contributed by atoms with Crippen LogP contribution in [-0.4, -0.2) is 32.6 Å². The molecule has 8 nitrogen and oxygen atoms in total. The molecule has 0 unspecified atom stereocenters. The van der Waals surface area contributed by atoms with Crippen molar-refractivity contribution in [2.75, 3.05) is 0 Å². The lowest BCUT2D eigenvalue weighted by Gasteiger charge is -2.25. The van der Waals surface area contributed by atoms with E-state index in [1.807, 2.05) is 0 Å². The predicted octanol–water partition coefficient (Wildman–Crippen LogP) is -0.391. The van der Waals surface area contributed by atoms with E-state index >= 15 is 0 Å². The van der Waals surface area contributed by atoms with Crippen LogP contribution in [0.4, 0.5) is 0 Å². The van der Waals surface area contributed by atoms with Crippen LogP contribution >= 0.6 is 0 Å². The van der Waals surface area contributed by atoms with Crippen LogP contribution in [0.5, 0.6) is 11.5 Å². The number of amides is 2. The van der Waals surface area contributed by atoms with Gasteiger partial charge in [0.15, 0.2) is 17.1 Å². The first-order valence-corrected chi connectivity index (χ1v) is 5.24. The summed E-state index contributed by atoms with van der Waals surface area (Å²) in [5.74, 6) is 7.72. The molecule has 104 valence electrons. The lowest BCUT2D eigenvalue weighted by Crippen LogP contribution is -2.53. The van der Waals surface area contributed by atoms with Gasteiger partial charge < -0.3 is 10.2 Å². The van der Waals surface area contributed by atoms with Gasteiger partial charge in [0.2, 0.25) is 0 Å². The summed E-state index contributed by atoms with van der Waals surface area (Å²) in [5, 5.41) is 18.7. The Kier molecular flexibility index (Phi) is 4.10. The van der Waals surface area contributed by atoms with Crippen LogP contribution in [0.1, 0.15) is 24.2 Å². The molecule has 1 aromatic rings. The number of carbonyl (C=O) groups excluding carboxylic acids is 2. The Morgan fingerprint density at radius 1 is 1.26 bits per heavy atom. The molecule has 0 heterocycles. The van der Waals surface area contributed by atoms with Crippen molar-refractivity contribution in [3.8, 4) is 11.5 Å². The van der Waals surface area contributed by atoms with E-state index < -0.39 is 28.9 Å². The summed E-state index contributed by atoms with van der Waals surface area (Å²) in [7, 11) is 0. The average Bonchev–Trinajstić information content (AvgIpc) is 2.39. The lowest BCUT2D eigenvalue weighted by atomic mass is 10.1. The topological polar surface area (TPSA) is 139 Å². The number of nitrogens with zero attached hydrogens (tertiary/aromatic N) is 1. The Hall–Kier alpha value is -2.16. The van der Waals surface area contributed by atoms with Gasteiger partial charge in [-0.05, 0) is 32.0 Å². The highest BCUT2D eigenvalue weighted by Crippen LogP contribution is 2.25. The minimum atomic E-state index is -1.47. The summed E-state index contributed by atoms with van der Waals surface area (Å²) in [6.07, 6.45) is 0. The number of benzene rings is 1. The molecule has 8 heteroatoms. The molecule has 0 saturated heterocycles. The molecule has 0 spiro atoms. The zero-order valence-electron chi connectivity index (χ0n) is 10.5. The van der Waals surface area contributed by atoms with Crippen LogP contribution in [0.2, 0.25) is 0 Å². The molecule has 19 heavy (non-hydrogen) atoms. The Bertz CT molecular complexity index is 515. The monoisotopic (exact) mass is 269 g/mol. The molecule has 1 rings (SSSR count). The SMILES string of the molecule is CC(C)(ON)C(=O)N(N)C(=O)c1ccc(O)c(O)c1. The Balaban J connectivity index is 3.00. The second kappa shape index (κ2) is 5.22. The van der Waals surface area contributed by atoms with Crippen LogP contribution in [0.15, 0.2) is 18.2 Å². The normalized spacial score (nSPS) is 11.2. The molecule has 0 aliphatic heterocycles. The Morgan fingerprint density at radius 3 is 2.32 bits per heavy atom. The number of hydrogen-bond acceptors (Lipinski definition) is 7. The van der Waals surface area contributed by atoms with Crippen LogP contribution < -0.4 is 11.7 Å². The third-order valence-corrected chi connectivity index (χ3v) is 2.47.